The van der Waals surface area contributed by atoms with Gasteiger partial charge in [0, 0.05) is 19.6 Å². The highest BCUT2D eigenvalue weighted by Crippen LogP contribution is 2.28. The quantitative estimate of drug-likeness (QED) is 0.885. The number of rotatable bonds is 5. The number of nitrogens with one attached hydrogen (secondary N) is 1. The highest BCUT2D eigenvalue weighted by molar-refractivity contribution is 5.37. The van der Waals surface area contributed by atoms with Crippen molar-refractivity contribution in [3.8, 4) is 0 Å². The zero-order chi connectivity index (χ0) is 13.9. The molecule has 2 atom stereocenters. The first kappa shape index (κ1) is 13.8. The van der Waals surface area contributed by atoms with E-state index >= 15 is 0 Å². The third kappa shape index (κ3) is 3.27. The summed E-state index contributed by atoms with van der Waals surface area (Å²) in [6, 6.07) is 0. The van der Waals surface area contributed by atoms with Crippen LogP contribution in [0.15, 0.2) is 12.4 Å². The van der Waals surface area contributed by atoms with Gasteiger partial charge < -0.3 is 15.0 Å². The molecule has 0 saturated carbocycles. The van der Waals surface area contributed by atoms with Crippen LogP contribution in [-0.2, 0) is 11.3 Å². The number of ether oxygens (including phenoxy) is 1. The van der Waals surface area contributed by atoms with Gasteiger partial charge in [-0.1, -0.05) is 13.8 Å². The van der Waals surface area contributed by atoms with Gasteiger partial charge in [0.2, 0.25) is 0 Å². The maximum absolute atomic E-state index is 5.85. The van der Waals surface area contributed by atoms with Crippen LogP contribution in [-0.4, -0.2) is 41.8 Å². The molecule has 5 nitrogen and oxygen atoms in total. The van der Waals surface area contributed by atoms with Crippen molar-refractivity contribution in [2.24, 2.45) is 5.92 Å². The zero-order valence-corrected chi connectivity index (χ0v) is 12.4. The molecular formula is C15H24N4O. The van der Waals surface area contributed by atoms with Crippen LogP contribution < -0.4 is 10.2 Å². The van der Waals surface area contributed by atoms with Gasteiger partial charge >= 0.3 is 0 Å². The van der Waals surface area contributed by atoms with Crippen LogP contribution in [0, 0.1) is 5.92 Å². The summed E-state index contributed by atoms with van der Waals surface area (Å²) in [6.45, 7) is 8.12. The van der Waals surface area contributed by atoms with Crippen molar-refractivity contribution in [2.75, 3.05) is 24.5 Å². The van der Waals surface area contributed by atoms with Gasteiger partial charge in [0.05, 0.1) is 30.3 Å². The second kappa shape index (κ2) is 6.06. The Labute approximate surface area is 120 Å². The van der Waals surface area contributed by atoms with E-state index in [9.17, 15) is 0 Å². The SMILES string of the molecule is CC(C)CNCc1cnc(N2CC3CCC(C2)O3)cn1. The Balaban J connectivity index is 1.56. The van der Waals surface area contributed by atoms with Crippen molar-refractivity contribution in [2.45, 2.75) is 45.4 Å². The molecule has 2 bridgehead atoms. The van der Waals surface area contributed by atoms with Crippen LogP contribution in [0.3, 0.4) is 0 Å². The first-order valence-electron chi connectivity index (χ1n) is 7.63. The lowest BCUT2D eigenvalue weighted by Gasteiger charge is -2.32. The van der Waals surface area contributed by atoms with Gasteiger partial charge in [-0.25, -0.2) is 4.98 Å². The number of anilines is 1. The summed E-state index contributed by atoms with van der Waals surface area (Å²) in [5.74, 6) is 1.64. The molecule has 1 N–H and O–H groups in total. The molecule has 0 amide bonds. The minimum Gasteiger partial charge on any atom is -0.371 e. The standard InChI is InChI=1S/C15H24N4O/c1-11(2)5-16-6-12-7-18-15(8-17-12)19-9-13-3-4-14(10-19)20-13/h7-8,11,13-14,16H,3-6,9-10H2,1-2H3. The Kier molecular flexibility index (Phi) is 4.17. The molecule has 1 aromatic rings. The molecule has 2 fully saturated rings. The molecule has 0 radical (unpaired) electrons. The molecule has 1 aromatic heterocycles. The van der Waals surface area contributed by atoms with Gasteiger partial charge in [0.15, 0.2) is 0 Å². The maximum atomic E-state index is 5.85. The molecule has 0 aliphatic carbocycles. The van der Waals surface area contributed by atoms with E-state index in [2.05, 4.69) is 34.0 Å². The Hall–Kier alpha value is -1.20. The van der Waals surface area contributed by atoms with E-state index in [1.54, 1.807) is 0 Å². The lowest BCUT2D eigenvalue weighted by molar-refractivity contribution is 0.0302. The molecule has 2 aliphatic heterocycles. The maximum Gasteiger partial charge on any atom is 0.147 e. The van der Waals surface area contributed by atoms with E-state index in [-0.39, 0.29) is 0 Å². The van der Waals surface area contributed by atoms with Gasteiger partial charge in [-0.2, -0.15) is 0 Å². The Morgan fingerprint density at radius 1 is 1.25 bits per heavy atom. The predicted molar refractivity (Wildman–Crippen MR) is 78.7 cm³/mol. The number of hydrogen-bond acceptors (Lipinski definition) is 5. The molecule has 20 heavy (non-hydrogen) atoms. The number of fused-ring (bicyclic) bond motifs is 2. The molecular weight excluding hydrogens is 252 g/mol. The highest BCUT2D eigenvalue weighted by atomic mass is 16.5. The molecule has 0 spiro atoms. The summed E-state index contributed by atoms with van der Waals surface area (Å²) in [5, 5.41) is 3.39. The third-order valence-electron chi connectivity index (χ3n) is 3.92. The smallest absolute Gasteiger partial charge is 0.147 e. The van der Waals surface area contributed by atoms with Gasteiger partial charge in [-0.3, -0.25) is 4.98 Å². The highest BCUT2D eigenvalue weighted by Gasteiger charge is 2.34. The van der Waals surface area contributed by atoms with E-state index in [0.29, 0.717) is 18.1 Å². The van der Waals surface area contributed by atoms with Crippen LogP contribution in [0.5, 0.6) is 0 Å². The summed E-state index contributed by atoms with van der Waals surface area (Å²) >= 11 is 0. The van der Waals surface area contributed by atoms with Crippen molar-refractivity contribution in [1.82, 2.24) is 15.3 Å². The fourth-order valence-corrected chi connectivity index (χ4v) is 2.89. The molecule has 0 aromatic carbocycles. The Bertz CT molecular complexity index is 422. The number of aromatic nitrogens is 2. The van der Waals surface area contributed by atoms with Crippen LogP contribution in [0.2, 0.25) is 0 Å². The fourth-order valence-electron chi connectivity index (χ4n) is 2.89. The van der Waals surface area contributed by atoms with E-state index in [0.717, 1.165) is 37.7 Å². The monoisotopic (exact) mass is 276 g/mol. The molecule has 3 heterocycles. The van der Waals surface area contributed by atoms with Crippen molar-refractivity contribution in [1.29, 1.82) is 0 Å². The van der Waals surface area contributed by atoms with Crippen LogP contribution in [0.1, 0.15) is 32.4 Å². The molecule has 2 saturated heterocycles. The van der Waals surface area contributed by atoms with E-state index in [1.165, 1.54) is 12.8 Å². The van der Waals surface area contributed by atoms with Gasteiger partial charge in [-0.05, 0) is 25.3 Å². The van der Waals surface area contributed by atoms with Crippen molar-refractivity contribution in [3.05, 3.63) is 18.1 Å². The normalized spacial score (nSPS) is 25.4. The lowest BCUT2D eigenvalue weighted by Crippen LogP contribution is -2.43. The zero-order valence-electron chi connectivity index (χ0n) is 12.4. The van der Waals surface area contributed by atoms with Gasteiger partial charge in [-0.15, -0.1) is 0 Å². The molecule has 110 valence electrons. The second-order valence-corrected chi connectivity index (χ2v) is 6.25. The minimum atomic E-state index is 0.392. The molecule has 5 heteroatoms. The average Bonchev–Trinajstić information content (AvgIpc) is 2.78. The van der Waals surface area contributed by atoms with Gasteiger partial charge in [0.25, 0.3) is 0 Å². The lowest BCUT2D eigenvalue weighted by atomic mass is 10.2. The number of morpholine rings is 1. The van der Waals surface area contributed by atoms with E-state index in [1.807, 2.05) is 12.4 Å². The van der Waals surface area contributed by atoms with Crippen molar-refractivity contribution < 1.29 is 4.74 Å². The first-order chi connectivity index (χ1) is 9.70. The van der Waals surface area contributed by atoms with E-state index < -0.39 is 0 Å². The summed E-state index contributed by atoms with van der Waals surface area (Å²) in [4.78, 5) is 11.4. The van der Waals surface area contributed by atoms with Crippen molar-refractivity contribution in [3.63, 3.8) is 0 Å². The van der Waals surface area contributed by atoms with Crippen LogP contribution >= 0.6 is 0 Å². The van der Waals surface area contributed by atoms with Gasteiger partial charge in [0.1, 0.15) is 5.82 Å². The fraction of sp³-hybridized carbons (Fsp3) is 0.733. The summed E-state index contributed by atoms with van der Waals surface area (Å²) in [5.41, 5.74) is 1.01. The van der Waals surface area contributed by atoms with Crippen LogP contribution in [0.25, 0.3) is 0 Å². The molecule has 2 aliphatic rings. The Morgan fingerprint density at radius 3 is 2.60 bits per heavy atom. The second-order valence-electron chi connectivity index (χ2n) is 6.25. The molecule has 2 unspecified atom stereocenters. The first-order valence-corrected chi connectivity index (χ1v) is 7.63. The largest absolute Gasteiger partial charge is 0.371 e. The summed E-state index contributed by atoms with van der Waals surface area (Å²) in [6.07, 6.45) is 6.94. The topological polar surface area (TPSA) is 50.3 Å². The average molecular weight is 276 g/mol. The number of hydrogen-bond donors (Lipinski definition) is 1. The third-order valence-corrected chi connectivity index (χ3v) is 3.92. The Morgan fingerprint density at radius 2 is 2.00 bits per heavy atom. The minimum absolute atomic E-state index is 0.392. The van der Waals surface area contributed by atoms with Crippen LogP contribution in [0.4, 0.5) is 5.82 Å². The molecule has 3 rings (SSSR count). The summed E-state index contributed by atoms with van der Waals surface area (Å²) < 4.78 is 5.85. The summed E-state index contributed by atoms with van der Waals surface area (Å²) in [7, 11) is 0. The number of nitrogens with zero attached hydrogens (tertiary/aromatic N) is 3. The van der Waals surface area contributed by atoms with Crippen molar-refractivity contribution >= 4 is 5.82 Å². The van der Waals surface area contributed by atoms with E-state index in [4.69, 9.17) is 4.74 Å². The predicted octanol–water partition coefficient (Wildman–Crippen LogP) is 1.59.